The number of hydrogen-bond acceptors (Lipinski definition) is 1. The van der Waals surface area contributed by atoms with Crippen molar-refractivity contribution in [2.24, 2.45) is 10.9 Å². The number of guanidine groups is 1. The summed E-state index contributed by atoms with van der Waals surface area (Å²) in [6.07, 6.45) is 1.16. The number of rotatable bonds is 3. The van der Waals surface area contributed by atoms with E-state index in [0.29, 0.717) is 16.9 Å². The van der Waals surface area contributed by atoms with Crippen LogP contribution in [0.4, 0.5) is 0 Å². The van der Waals surface area contributed by atoms with Crippen molar-refractivity contribution in [3.8, 4) is 0 Å². The van der Waals surface area contributed by atoms with Gasteiger partial charge in [-0.2, -0.15) is 0 Å². The first-order valence-corrected chi connectivity index (χ1v) is 6.74. The number of nitrogens with one attached hydrogen (secondary N) is 2. The predicted molar refractivity (Wildman–Crippen MR) is 93.1 cm³/mol. The van der Waals surface area contributed by atoms with E-state index in [0.717, 1.165) is 23.9 Å². The summed E-state index contributed by atoms with van der Waals surface area (Å²) in [5.41, 5.74) is 1.20. The highest BCUT2D eigenvalue weighted by atomic mass is 127. The Hall–Kier alpha value is -0.200. The molecule has 1 aliphatic carbocycles. The van der Waals surface area contributed by atoms with Gasteiger partial charge >= 0.3 is 0 Å². The molecule has 0 heterocycles. The predicted octanol–water partition coefficient (Wildman–Crippen LogP) is 3.51. The summed E-state index contributed by atoms with van der Waals surface area (Å²) in [7, 11) is 3.62. The van der Waals surface area contributed by atoms with E-state index in [2.05, 4.69) is 15.6 Å². The van der Waals surface area contributed by atoms with E-state index in [1.165, 1.54) is 5.56 Å². The SMILES string of the molecule is CN=C(NC)NCC1CC1c1ccc(Cl)cc1Cl.I. The van der Waals surface area contributed by atoms with Gasteiger partial charge in [0.2, 0.25) is 0 Å². The van der Waals surface area contributed by atoms with E-state index in [9.17, 15) is 0 Å². The molecule has 3 nitrogen and oxygen atoms in total. The van der Waals surface area contributed by atoms with Gasteiger partial charge in [0.05, 0.1) is 0 Å². The third-order valence-electron chi connectivity index (χ3n) is 3.28. The van der Waals surface area contributed by atoms with Crippen molar-refractivity contribution < 1.29 is 0 Å². The maximum atomic E-state index is 6.21. The summed E-state index contributed by atoms with van der Waals surface area (Å²) in [6, 6.07) is 5.74. The fourth-order valence-electron chi connectivity index (χ4n) is 2.16. The van der Waals surface area contributed by atoms with Gasteiger partial charge in [-0.05, 0) is 36.0 Å². The van der Waals surface area contributed by atoms with Gasteiger partial charge < -0.3 is 10.6 Å². The van der Waals surface area contributed by atoms with Gasteiger partial charge in [-0.1, -0.05) is 29.3 Å². The maximum absolute atomic E-state index is 6.21. The standard InChI is InChI=1S/C13H17Cl2N3.HI/c1-16-13(17-2)18-7-8-5-11(8)10-4-3-9(14)6-12(10)15;/h3-4,6,8,11H,5,7H2,1-2H3,(H2,16,17,18);1H. The monoisotopic (exact) mass is 413 g/mol. The molecule has 0 radical (unpaired) electrons. The van der Waals surface area contributed by atoms with Crippen LogP contribution in [-0.2, 0) is 0 Å². The van der Waals surface area contributed by atoms with Crippen LogP contribution in [-0.4, -0.2) is 26.6 Å². The molecule has 2 N–H and O–H groups in total. The molecule has 0 aromatic heterocycles. The van der Waals surface area contributed by atoms with Gasteiger partial charge in [0.15, 0.2) is 5.96 Å². The van der Waals surface area contributed by atoms with E-state index < -0.39 is 0 Å². The van der Waals surface area contributed by atoms with Gasteiger partial charge in [0.1, 0.15) is 0 Å². The van der Waals surface area contributed by atoms with Crippen molar-refractivity contribution in [1.82, 2.24) is 10.6 Å². The third-order valence-corrected chi connectivity index (χ3v) is 3.84. The molecule has 0 amide bonds. The Morgan fingerprint density at radius 1 is 1.42 bits per heavy atom. The van der Waals surface area contributed by atoms with Crippen LogP contribution in [0.3, 0.4) is 0 Å². The lowest BCUT2D eigenvalue weighted by molar-refractivity contribution is 0.732. The number of halogens is 3. The van der Waals surface area contributed by atoms with Crippen LogP contribution in [0.5, 0.6) is 0 Å². The third kappa shape index (κ3) is 4.39. The minimum absolute atomic E-state index is 0. The molecule has 2 unspecified atom stereocenters. The van der Waals surface area contributed by atoms with Crippen molar-refractivity contribution in [3.63, 3.8) is 0 Å². The van der Waals surface area contributed by atoms with Crippen LogP contribution in [0.1, 0.15) is 17.9 Å². The van der Waals surface area contributed by atoms with Crippen molar-refractivity contribution in [1.29, 1.82) is 0 Å². The summed E-state index contributed by atoms with van der Waals surface area (Å²) >= 11 is 12.1. The topological polar surface area (TPSA) is 36.4 Å². The van der Waals surface area contributed by atoms with E-state index in [-0.39, 0.29) is 24.0 Å². The van der Waals surface area contributed by atoms with Crippen LogP contribution >= 0.6 is 47.2 Å². The van der Waals surface area contributed by atoms with Gasteiger partial charge in [-0.15, -0.1) is 24.0 Å². The minimum atomic E-state index is 0. The Bertz CT molecular complexity index is 465. The van der Waals surface area contributed by atoms with E-state index in [4.69, 9.17) is 23.2 Å². The number of benzene rings is 1. The Kier molecular flexibility index (Phi) is 6.69. The molecule has 0 saturated heterocycles. The summed E-state index contributed by atoms with van der Waals surface area (Å²) in [5, 5.41) is 7.75. The Morgan fingerprint density at radius 3 is 2.74 bits per heavy atom. The second-order valence-electron chi connectivity index (χ2n) is 4.47. The zero-order chi connectivity index (χ0) is 13.1. The van der Waals surface area contributed by atoms with Gasteiger partial charge in [0, 0.05) is 30.7 Å². The molecule has 1 aromatic carbocycles. The fraction of sp³-hybridized carbons (Fsp3) is 0.462. The Labute approximate surface area is 141 Å². The van der Waals surface area contributed by atoms with Crippen LogP contribution < -0.4 is 10.6 Å². The fourth-order valence-corrected chi connectivity index (χ4v) is 2.71. The maximum Gasteiger partial charge on any atom is 0.190 e. The lowest BCUT2D eigenvalue weighted by Gasteiger charge is -2.08. The molecule has 0 bridgehead atoms. The van der Waals surface area contributed by atoms with Crippen LogP contribution in [0.2, 0.25) is 10.0 Å². The zero-order valence-corrected chi connectivity index (χ0v) is 14.8. The summed E-state index contributed by atoms with van der Waals surface area (Å²) < 4.78 is 0. The molecule has 2 rings (SSSR count). The Morgan fingerprint density at radius 2 is 2.16 bits per heavy atom. The van der Waals surface area contributed by atoms with Crippen LogP contribution in [0, 0.1) is 5.92 Å². The van der Waals surface area contributed by atoms with Crippen molar-refractivity contribution in [3.05, 3.63) is 33.8 Å². The molecule has 1 aromatic rings. The summed E-state index contributed by atoms with van der Waals surface area (Å²) in [4.78, 5) is 4.08. The first-order valence-electron chi connectivity index (χ1n) is 5.99. The van der Waals surface area contributed by atoms with Crippen molar-refractivity contribution >= 4 is 53.1 Å². The van der Waals surface area contributed by atoms with E-state index in [1.807, 2.05) is 25.2 Å². The summed E-state index contributed by atoms with van der Waals surface area (Å²) in [5.74, 6) is 1.98. The zero-order valence-electron chi connectivity index (χ0n) is 10.9. The quantitative estimate of drug-likeness (QED) is 0.452. The van der Waals surface area contributed by atoms with Gasteiger partial charge in [0.25, 0.3) is 0 Å². The summed E-state index contributed by atoms with van der Waals surface area (Å²) in [6.45, 7) is 0.914. The van der Waals surface area contributed by atoms with Gasteiger partial charge in [-0.3, -0.25) is 4.99 Å². The first kappa shape index (κ1) is 16.9. The highest BCUT2D eigenvalue weighted by molar-refractivity contribution is 14.0. The molecule has 0 spiro atoms. The smallest absolute Gasteiger partial charge is 0.190 e. The van der Waals surface area contributed by atoms with Crippen molar-refractivity contribution in [2.75, 3.05) is 20.6 Å². The highest BCUT2D eigenvalue weighted by Crippen LogP contribution is 2.49. The van der Waals surface area contributed by atoms with Crippen LogP contribution in [0.25, 0.3) is 0 Å². The molecule has 106 valence electrons. The normalized spacial score (nSPS) is 21.6. The molecule has 0 aliphatic heterocycles. The first-order chi connectivity index (χ1) is 8.65. The Balaban J connectivity index is 0.00000180. The molecular formula is C13H18Cl2IN3. The number of aliphatic imine (C=N–C) groups is 1. The largest absolute Gasteiger partial charge is 0.359 e. The highest BCUT2D eigenvalue weighted by Gasteiger charge is 2.39. The average Bonchev–Trinajstić information content (AvgIpc) is 3.10. The molecular weight excluding hydrogens is 396 g/mol. The minimum Gasteiger partial charge on any atom is -0.359 e. The second kappa shape index (κ2) is 7.55. The second-order valence-corrected chi connectivity index (χ2v) is 5.31. The van der Waals surface area contributed by atoms with E-state index >= 15 is 0 Å². The molecule has 6 heteroatoms. The van der Waals surface area contributed by atoms with Crippen molar-refractivity contribution in [2.45, 2.75) is 12.3 Å². The number of hydrogen-bond donors (Lipinski definition) is 2. The lowest BCUT2D eigenvalue weighted by Crippen LogP contribution is -2.35. The molecule has 2 atom stereocenters. The molecule has 1 fully saturated rings. The number of nitrogens with zero attached hydrogens (tertiary/aromatic N) is 1. The van der Waals surface area contributed by atoms with E-state index in [1.54, 1.807) is 7.05 Å². The molecule has 1 aliphatic rings. The molecule has 1 saturated carbocycles. The van der Waals surface area contributed by atoms with Crippen LogP contribution in [0.15, 0.2) is 23.2 Å². The molecule has 19 heavy (non-hydrogen) atoms. The lowest BCUT2D eigenvalue weighted by atomic mass is 10.1. The average molecular weight is 414 g/mol. The van der Waals surface area contributed by atoms with Gasteiger partial charge in [-0.25, -0.2) is 0 Å².